The molecule has 1 aliphatic rings. The second kappa shape index (κ2) is 6.34. The van der Waals surface area contributed by atoms with Crippen molar-refractivity contribution >= 4 is 21.8 Å². The Morgan fingerprint density at radius 1 is 1.58 bits per heavy atom. The smallest absolute Gasteiger partial charge is 0.226 e. The second-order valence-corrected chi connectivity index (χ2v) is 5.48. The van der Waals surface area contributed by atoms with Crippen LogP contribution in [0.5, 0.6) is 5.75 Å². The molecule has 0 aromatic heterocycles. The highest BCUT2D eigenvalue weighted by Gasteiger charge is 2.23. The maximum absolute atomic E-state index is 13.5. The van der Waals surface area contributed by atoms with Crippen LogP contribution in [0.4, 0.5) is 4.39 Å². The average molecular weight is 331 g/mol. The molecule has 2 rings (SSSR count). The van der Waals surface area contributed by atoms with Gasteiger partial charge < -0.3 is 15.4 Å². The summed E-state index contributed by atoms with van der Waals surface area (Å²) in [7, 11) is 0. The lowest BCUT2D eigenvalue weighted by atomic mass is 10.3. The van der Waals surface area contributed by atoms with Crippen molar-refractivity contribution in [1.29, 1.82) is 0 Å². The molecule has 6 heteroatoms. The Bertz CT molecular complexity index is 470. The molecule has 0 radical (unpaired) electrons. The molecule has 0 aliphatic carbocycles. The molecule has 1 saturated heterocycles. The first-order valence-corrected chi connectivity index (χ1v) is 6.97. The Morgan fingerprint density at radius 3 is 3.00 bits per heavy atom. The van der Waals surface area contributed by atoms with Crippen molar-refractivity contribution in [1.82, 2.24) is 4.90 Å². The van der Waals surface area contributed by atoms with E-state index in [1.54, 1.807) is 11.0 Å². The zero-order chi connectivity index (χ0) is 13.8. The van der Waals surface area contributed by atoms with Gasteiger partial charge in [0.1, 0.15) is 0 Å². The van der Waals surface area contributed by atoms with Crippen LogP contribution in [-0.2, 0) is 4.79 Å². The van der Waals surface area contributed by atoms with E-state index < -0.39 is 5.82 Å². The lowest BCUT2D eigenvalue weighted by molar-refractivity contribution is -0.130. The van der Waals surface area contributed by atoms with Crippen LogP contribution in [0.15, 0.2) is 22.7 Å². The molecule has 2 N–H and O–H groups in total. The predicted octanol–water partition coefficient (Wildman–Crippen LogP) is 1.92. The molecule has 1 atom stereocenters. The Hall–Kier alpha value is -1.14. The molecule has 4 nitrogen and oxygen atoms in total. The maximum atomic E-state index is 13.5. The fraction of sp³-hybridized carbons (Fsp3) is 0.462. The number of benzene rings is 1. The third kappa shape index (κ3) is 3.91. The zero-order valence-electron chi connectivity index (χ0n) is 10.4. The number of halogens is 2. The summed E-state index contributed by atoms with van der Waals surface area (Å²) in [6, 6.07) is 4.64. The Balaban J connectivity index is 1.78. The number of nitrogens with two attached hydrogens (primary N) is 1. The van der Waals surface area contributed by atoms with Gasteiger partial charge in [0, 0.05) is 23.6 Å². The van der Waals surface area contributed by atoms with Gasteiger partial charge in [0.2, 0.25) is 5.91 Å². The Labute approximate surface area is 119 Å². The van der Waals surface area contributed by atoms with E-state index in [2.05, 4.69) is 15.9 Å². The number of likely N-dealkylation sites (tertiary alicyclic amines) is 1. The number of carbonyl (C=O) groups is 1. The highest BCUT2D eigenvalue weighted by atomic mass is 79.9. The van der Waals surface area contributed by atoms with E-state index in [9.17, 15) is 9.18 Å². The van der Waals surface area contributed by atoms with Crippen molar-refractivity contribution in [3.8, 4) is 5.75 Å². The highest BCUT2D eigenvalue weighted by molar-refractivity contribution is 9.10. The standard InChI is InChI=1S/C13H16BrFN2O2/c14-9-1-2-12(11(15)7-9)19-6-4-13(18)17-5-3-10(16)8-17/h1-2,7,10H,3-6,8,16H2. The van der Waals surface area contributed by atoms with Crippen LogP contribution in [0.2, 0.25) is 0 Å². The molecule has 0 saturated carbocycles. The topological polar surface area (TPSA) is 55.6 Å². The second-order valence-electron chi connectivity index (χ2n) is 4.56. The van der Waals surface area contributed by atoms with Gasteiger partial charge in [-0.05, 0) is 24.6 Å². The van der Waals surface area contributed by atoms with Gasteiger partial charge in [-0.15, -0.1) is 0 Å². The minimum atomic E-state index is -0.440. The highest BCUT2D eigenvalue weighted by Crippen LogP contribution is 2.21. The maximum Gasteiger partial charge on any atom is 0.226 e. The summed E-state index contributed by atoms with van der Waals surface area (Å²) < 4.78 is 19.4. The van der Waals surface area contributed by atoms with Crippen molar-refractivity contribution in [3.05, 3.63) is 28.5 Å². The Morgan fingerprint density at radius 2 is 2.37 bits per heavy atom. The summed E-state index contributed by atoms with van der Waals surface area (Å²) in [6.07, 6.45) is 1.08. The van der Waals surface area contributed by atoms with Crippen LogP contribution in [0, 0.1) is 5.82 Å². The predicted molar refractivity (Wildman–Crippen MR) is 73.4 cm³/mol. The van der Waals surface area contributed by atoms with Gasteiger partial charge in [0.15, 0.2) is 11.6 Å². The monoisotopic (exact) mass is 330 g/mol. The quantitative estimate of drug-likeness (QED) is 0.917. The minimum Gasteiger partial charge on any atom is -0.490 e. The fourth-order valence-electron chi connectivity index (χ4n) is 2.01. The molecular weight excluding hydrogens is 315 g/mol. The molecule has 1 fully saturated rings. The van der Waals surface area contributed by atoms with Gasteiger partial charge in [-0.1, -0.05) is 15.9 Å². The lowest BCUT2D eigenvalue weighted by Crippen LogP contribution is -2.32. The van der Waals surface area contributed by atoms with Crippen LogP contribution >= 0.6 is 15.9 Å². The van der Waals surface area contributed by atoms with Crippen molar-refractivity contribution in [2.24, 2.45) is 5.73 Å². The van der Waals surface area contributed by atoms with E-state index in [1.165, 1.54) is 12.1 Å². The minimum absolute atomic E-state index is 0.00506. The molecule has 1 aliphatic heterocycles. The van der Waals surface area contributed by atoms with Gasteiger partial charge in [0.05, 0.1) is 13.0 Å². The van der Waals surface area contributed by atoms with Crippen LogP contribution in [0.3, 0.4) is 0 Å². The molecule has 1 aromatic carbocycles. The SMILES string of the molecule is NC1CCN(C(=O)CCOc2ccc(Br)cc2F)C1. The van der Waals surface area contributed by atoms with Gasteiger partial charge in [-0.2, -0.15) is 0 Å². The average Bonchev–Trinajstić information content (AvgIpc) is 2.78. The summed E-state index contributed by atoms with van der Waals surface area (Å²) in [6.45, 7) is 1.47. The van der Waals surface area contributed by atoms with Gasteiger partial charge in [0.25, 0.3) is 0 Å². The summed E-state index contributed by atoms with van der Waals surface area (Å²) in [5, 5.41) is 0. The van der Waals surface area contributed by atoms with Gasteiger partial charge >= 0.3 is 0 Å². The number of ether oxygens (including phenoxy) is 1. The van der Waals surface area contributed by atoms with Gasteiger partial charge in [-0.3, -0.25) is 4.79 Å². The molecule has 19 heavy (non-hydrogen) atoms. The molecule has 1 aromatic rings. The number of rotatable bonds is 4. The molecule has 0 spiro atoms. The van der Waals surface area contributed by atoms with Crippen molar-refractivity contribution in [2.75, 3.05) is 19.7 Å². The first kappa shape index (κ1) is 14.3. The molecular formula is C13H16BrFN2O2. The Kier molecular flexibility index (Phi) is 4.76. The summed E-state index contributed by atoms with van der Waals surface area (Å²) in [4.78, 5) is 13.5. The first-order chi connectivity index (χ1) is 9.06. The van der Waals surface area contributed by atoms with E-state index in [0.29, 0.717) is 17.6 Å². The van der Waals surface area contributed by atoms with Crippen molar-refractivity contribution in [3.63, 3.8) is 0 Å². The van der Waals surface area contributed by atoms with Crippen molar-refractivity contribution < 1.29 is 13.9 Å². The molecule has 1 heterocycles. The zero-order valence-corrected chi connectivity index (χ0v) is 12.0. The van der Waals surface area contributed by atoms with Crippen LogP contribution in [0.25, 0.3) is 0 Å². The third-order valence-electron chi connectivity index (χ3n) is 3.04. The summed E-state index contributed by atoms with van der Waals surface area (Å²) in [5.41, 5.74) is 5.74. The number of hydrogen-bond acceptors (Lipinski definition) is 3. The van der Waals surface area contributed by atoms with Crippen LogP contribution in [-0.4, -0.2) is 36.5 Å². The number of nitrogens with zero attached hydrogens (tertiary/aromatic N) is 1. The van der Waals surface area contributed by atoms with Crippen LogP contribution < -0.4 is 10.5 Å². The van der Waals surface area contributed by atoms with E-state index in [-0.39, 0.29) is 30.7 Å². The lowest BCUT2D eigenvalue weighted by Gasteiger charge is -2.16. The third-order valence-corrected chi connectivity index (χ3v) is 3.54. The van der Waals surface area contributed by atoms with Crippen molar-refractivity contribution in [2.45, 2.75) is 18.9 Å². The first-order valence-electron chi connectivity index (χ1n) is 6.17. The summed E-state index contributed by atoms with van der Waals surface area (Å²) in [5.74, 6) is -0.274. The number of hydrogen-bond donors (Lipinski definition) is 1. The van der Waals surface area contributed by atoms with Crippen LogP contribution in [0.1, 0.15) is 12.8 Å². The molecule has 1 amide bonds. The van der Waals surface area contributed by atoms with E-state index >= 15 is 0 Å². The van der Waals surface area contributed by atoms with Gasteiger partial charge in [-0.25, -0.2) is 4.39 Å². The van der Waals surface area contributed by atoms with E-state index in [4.69, 9.17) is 10.5 Å². The van der Waals surface area contributed by atoms with E-state index in [0.717, 1.165) is 6.42 Å². The molecule has 0 bridgehead atoms. The number of carbonyl (C=O) groups excluding carboxylic acids is 1. The molecule has 104 valence electrons. The largest absolute Gasteiger partial charge is 0.490 e. The normalized spacial score (nSPS) is 18.7. The summed E-state index contributed by atoms with van der Waals surface area (Å²) >= 11 is 3.17. The fourth-order valence-corrected chi connectivity index (χ4v) is 2.35. The molecule has 1 unspecified atom stereocenters. The number of amides is 1. The van der Waals surface area contributed by atoms with E-state index in [1.807, 2.05) is 0 Å².